The van der Waals surface area contributed by atoms with Gasteiger partial charge in [0.05, 0.1) is 11.3 Å². The minimum absolute atomic E-state index is 0.212. The van der Waals surface area contributed by atoms with E-state index in [0.717, 1.165) is 0 Å². The lowest BCUT2D eigenvalue weighted by atomic mass is 10.3. The van der Waals surface area contributed by atoms with E-state index < -0.39 is 16.7 Å². The van der Waals surface area contributed by atoms with Gasteiger partial charge in [0.25, 0.3) is 6.20 Å². The number of carboxylic acid groups (broad SMARTS) is 1. The number of hydrogen-bond donors (Lipinski definition) is 2. The minimum atomic E-state index is -1.10. The Morgan fingerprint density at radius 2 is 2.00 bits per heavy atom. The molecule has 0 unspecified atom stereocenters. The normalized spacial score (nSPS) is 11.1. The molecule has 0 fully saturated rings. The number of carboxylic acids is 1. The fourth-order valence-electron chi connectivity index (χ4n) is 0.421. The third-order valence-corrected chi connectivity index (χ3v) is 0.849. The summed E-state index contributed by atoms with van der Waals surface area (Å²) in [5.41, 5.74) is 0. The Kier molecular flexibility index (Phi) is 3.65. The van der Waals surface area contributed by atoms with Crippen LogP contribution in [0.25, 0.3) is 0 Å². The summed E-state index contributed by atoms with van der Waals surface area (Å²) in [6, 6.07) is 0. The van der Waals surface area contributed by atoms with Gasteiger partial charge in [-0.1, -0.05) is 0 Å². The van der Waals surface area contributed by atoms with Crippen molar-refractivity contribution in [2.75, 3.05) is 0 Å². The lowest BCUT2D eigenvalue weighted by Crippen LogP contribution is -1.97. The van der Waals surface area contributed by atoms with Gasteiger partial charge in [-0.3, -0.25) is 14.9 Å². The SMILES string of the molecule is O=C(O)CCC(O)=C[N+](=O)[O-]. The Bertz CT molecular complexity index is 197. The molecule has 0 spiro atoms. The topological polar surface area (TPSA) is 101 Å². The van der Waals surface area contributed by atoms with Crippen molar-refractivity contribution in [1.82, 2.24) is 0 Å². The fraction of sp³-hybridized carbons (Fsp3) is 0.400. The van der Waals surface area contributed by atoms with Crippen LogP contribution in [0.15, 0.2) is 12.0 Å². The van der Waals surface area contributed by atoms with Gasteiger partial charge in [-0.05, 0) is 0 Å². The van der Waals surface area contributed by atoms with Crippen molar-refractivity contribution in [2.24, 2.45) is 0 Å². The molecule has 6 nitrogen and oxygen atoms in total. The van der Waals surface area contributed by atoms with E-state index in [1.54, 1.807) is 0 Å². The lowest BCUT2D eigenvalue weighted by molar-refractivity contribution is -0.405. The van der Waals surface area contributed by atoms with Crippen LogP contribution in [-0.4, -0.2) is 21.1 Å². The number of rotatable bonds is 4. The molecular weight excluding hydrogens is 154 g/mol. The van der Waals surface area contributed by atoms with Gasteiger partial charge < -0.3 is 10.2 Å². The highest BCUT2D eigenvalue weighted by atomic mass is 16.6. The summed E-state index contributed by atoms with van der Waals surface area (Å²) >= 11 is 0. The summed E-state index contributed by atoms with van der Waals surface area (Å²) < 4.78 is 0. The van der Waals surface area contributed by atoms with E-state index in [0.29, 0.717) is 6.20 Å². The quantitative estimate of drug-likeness (QED) is 0.355. The monoisotopic (exact) mass is 161 g/mol. The second kappa shape index (κ2) is 4.26. The first-order chi connectivity index (χ1) is 5.02. The van der Waals surface area contributed by atoms with Crippen LogP contribution >= 0.6 is 0 Å². The molecule has 0 aromatic carbocycles. The van der Waals surface area contributed by atoms with E-state index in [-0.39, 0.29) is 12.8 Å². The van der Waals surface area contributed by atoms with E-state index in [9.17, 15) is 14.9 Å². The molecule has 0 saturated heterocycles. The average Bonchev–Trinajstić information content (AvgIpc) is 1.82. The first-order valence-corrected chi connectivity index (χ1v) is 2.77. The second-order valence-corrected chi connectivity index (χ2v) is 1.80. The van der Waals surface area contributed by atoms with Crippen molar-refractivity contribution < 1.29 is 19.9 Å². The van der Waals surface area contributed by atoms with Gasteiger partial charge in [0.15, 0.2) is 5.76 Å². The number of carbonyl (C=O) groups is 1. The van der Waals surface area contributed by atoms with Crippen LogP contribution in [0.5, 0.6) is 0 Å². The van der Waals surface area contributed by atoms with Gasteiger partial charge in [-0.25, -0.2) is 0 Å². The van der Waals surface area contributed by atoms with E-state index in [1.165, 1.54) is 0 Å². The van der Waals surface area contributed by atoms with Crippen LogP contribution in [0.4, 0.5) is 0 Å². The van der Waals surface area contributed by atoms with E-state index in [2.05, 4.69) is 0 Å². The summed E-state index contributed by atoms with van der Waals surface area (Å²) in [7, 11) is 0. The Morgan fingerprint density at radius 1 is 1.45 bits per heavy atom. The van der Waals surface area contributed by atoms with Crippen LogP contribution in [0.1, 0.15) is 12.8 Å². The van der Waals surface area contributed by atoms with Gasteiger partial charge in [0.1, 0.15) is 0 Å². The van der Waals surface area contributed by atoms with Gasteiger partial charge in [-0.2, -0.15) is 0 Å². The zero-order chi connectivity index (χ0) is 8.85. The summed E-state index contributed by atoms with van der Waals surface area (Å²) in [6.45, 7) is 0. The van der Waals surface area contributed by atoms with E-state index >= 15 is 0 Å². The molecule has 0 aromatic rings. The Labute approximate surface area is 61.9 Å². The summed E-state index contributed by atoms with van der Waals surface area (Å²) in [5, 5.41) is 26.4. The molecule has 0 aliphatic heterocycles. The maximum absolute atomic E-state index is 9.88. The average molecular weight is 161 g/mol. The molecule has 0 radical (unpaired) electrons. The van der Waals surface area contributed by atoms with Crippen molar-refractivity contribution in [3.63, 3.8) is 0 Å². The molecule has 0 saturated carbocycles. The molecule has 0 aromatic heterocycles. The second-order valence-electron chi connectivity index (χ2n) is 1.80. The van der Waals surface area contributed by atoms with Crippen molar-refractivity contribution in [3.05, 3.63) is 22.1 Å². The smallest absolute Gasteiger partial charge is 0.303 e. The number of allylic oxidation sites excluding steroid dienone is 1. The van der Waals surface area contributed by atoms with Crippen LogP contribution in [0, 0.1) is 10.1 Å². The van der Waals surface area contributed by atoms with Crippen molar-refractivity contribution in [1.29, 1.82) is 0 Å². The van der Waals surface area contributed by atoms with Gasteiger partial charge in [0, 0.05) is 6.42 Å². The molecule has 62 valence electrons. The molecule has 0 aliphatic carbocycles. The van der Waals surface area contributed by atoms with Crippen LogP contribution in [-0.2, 0) is 4.79 Å². The molecule has 0 atom stereocenters. The number of aliphatic carboxylic acids is 1. The molecule has 6 heteroatoms. The number of nitrogens with zero attached hydrogens (tertiary/aromatic N) is 1. The molecule has 11 heavy (non-hydrogen) atoms. The standard InChI is InChI=1S/C5H7NO5/c7-4(3-6(10)11)1-2-5(8)9/h3,7H,1-2H2,(H,8,9). The summed E-state index contributed by atoms with van der Waals surface area (Å²) in [5.74, 6) is -1.63. The molecule has 0 heterocycles. The maximum atomic E-state index is 9.88. The minimum Gasteiger partial charge on any atom is -0.506 e. The summed E-state index contributed by atoms with van der Waals surface area (Å²) in [4.78, 5) is 18.7. The Balaban J connectivity index is 3.77. The maximum Gasteiger partial charge on any atom is 0.303 e. The van der Waals surface area contributed by atoms with Crippen LogP contribution in [0.2, 0.25) is 0 Å². The van der Waals surface area contributed by atoms with Gasteiger partial charge in [-0.15, -0.1) is 0 Å². The zero-order valence-corrected chi connectivity index (χ0v) is 5.56. The highest BCUT2D eigenvalue weighted by Crippen LogP contribution is 1.99. The van der Waals surface area contributed by atoms with Gasteiger partial charge >= 0.3 is 5.97 Å². The zero-order valence-electron chi connectivity index (χ0n) is 5.56. The Morgan fingerprint density at radius 3 is 2.36 bits per heavy atom. The number of aliphatic hydroxyl groups excluding tert-OH is 1. The molecule has 0 aliphatic rings. The molecular formula is C5H7NO5. The van der Waals surface area contributed by atoms with Crippen LogP contribution in [0.3, 0.4) is 0 Å². The highest BCUT2D eigenvalue weighted by molar-refractivity contribution is 5.66. The molecule has 2 N–H and O–H groups in total. The molecule has 0 rings (SSSR count). The number of hydrogen-bond acceptors (Lipinski definition) is 4. The van der Waals surface area contributed by atoms with Gasteiger partial charge in [0.2, 0.25) is 0 Å². The first kappa shape index (κ1) is 9.41. The first-order valence-electron chi connectivity index (χ1n) is 2.77. The lowest BCUT2D eigenvalue weighted by Gasteiger charge is -1.91. The fourth-order valence-corrected chi connectivity index (χ4v) is 0.421. The highest BCUT2D eigenvalue weighted by Gasteiger charge is 2.03. The van der Waals surface area contributed by atoms with E-state index in [1.807, 2.05) is 0 Å². The van der Waals surface area contributed by atoms with Crippen molar-refractivity contribution in [3.8, 4) is 0 Å². The number of aliphatic hydroxyl groups is 1. The van der Waals surface area contributed by atoms with Crippen molar-refractivity contribution >= 4 is 5.97 Å². The molecule has 0 amide bonds. The summed E-state index contributed by atoms with van der Waals surface area (Å²) in [6.07, 6.45) is -0.143. The Hall–Kier alpha value is -1.59. The largest absolute Gasteiger partial charge is 0.506 e. The van der Waals surface area contributed by atoms with Crippen molar-refractivity contribution in [2.45, 2.75) is 12.8 Å². The predicted molar refractivity (Wildman–Crippen MR) is 34.6 cm³/mol. The third kappa shape index (κ3) is 6.29. The van der Waals surface area contributed by atoms with E-state index in [4.69, 9.17) is 10.2 Å². The molecule has 0 bridgehead atoms. The number of nitro groups is 1. The van der Waals surface area contributed by atoms with Crippen LogP contribution < -0.4 is 0 Å². The third-order valence-electron chi connectivity index (χ3n) is 0.849. The predicted octanol–water partition coefficient (Wildman–Crippen LogP) is 0.527.